The van der Waals surface area contributed by atoms with Crippen molar-refractivity contribution in [2.24, 2.45) is 5.92 Å². The molecular formula is C16H25NO. The van der Waals surface area contributed by atoms with Crippen LogP contribution in [0.25, 0.3) is 0 Å². The number of nitrogens with one attached hydrogen (secondary N) is 1. The quantitative estimate of drug-likeness (QED) is 0.845. The van der Waals surface area contributed by atoms with Crippen LogP contribution in [0.2, 0.25) is 0 Å². The van der Waals surface area contributed by atoms with Gasteiger partial charge in [-0.15, -0.1) is 0 Å². The highest BCUT2D eigenvalue weighted by atomic mass is 16.3. The summed E-state index contributed by atoms with van der Waals surface area (Å²) in [6.07, 6.45) is 6.90. The van der Waals surface area contributed by atoms with Gasteiger partial charge in [-0.1, -0.05) is 31.4 Å². The van der Waals surface area contributed by atoms with Crippen molar-refractivity contribution >= 4 is 0 Å². The van der Waals surface area contributed by atoms with E-state index >= 15 is 0 Å². The van der Waals surface area contributed by atoms with Crippen LogP contribution in [0.1, 0.15) is 56.2 Å². The molecular weight excluding hydrogens is 222 g/mol. The predicted molar refractivity (Wildman–Crippen MR) is 75.8 cm³/mol. The zero-order valence-corrected chi connectivity index (χ0v) is 11.6. The van der Waals surface area contributed by atoms with E-state index in [2.05, 4.69) is 18.3 Å². The van der Waals surface area contributed by atoms with Gasteiger partial charge in [-0.25, -0.2) is 0 Å². The zero-order valence-electron chi connectivity index (χ0n) is 11.6. The minimum atomic E-state index is 0.229. The topological polar surface area (TPSA) is 32.3 Å². The number of aromatic hydroxyl groups is 1. The molecule has 1 aliphatic carbocycles. The lowest BCUT2D eigenvalue weighted by Crippen LogP contribution is -2.27. The standard InChI is InChI=1S/C16H25NO/c1-12-8-9-15(16(18)10-12)13(2)17-11-14-6-4-3-5-7-14/h8-10,13-14,17-18H,3-7,11H2,1-2H3. The van der Waals surface area contributed by atoms with E-state index in [0.29, 0.717) is 5.75 Å². The van der Waals surface area contributed by atoms with Crippen LogP contribution in [0.3, 0.4) is 0 Å². The van der Waals surface area contributed by atoms with Gasteiger partial charge in [0.05, 0.1) is 0 Å². The Morgan fingerprint density at radius 3 is 2.67 bits per heavy atom. The molecule has 0 spiro atoms. The van der Waals surface area contributed by atoms with Gasteiger partial charge in [0, 0.05) is 11.6 Å². The molecule has 1 unspecified atom stereocenters. The molecule has 2 nitrogen and oxygen atoms in total. The van der Waals surface area contributed by atoms with Crippen LogP contribution in [-0.2, 0) is 0 Å². The molecule has 1 atom stereocenters. The number of benzene rings is 1. The average Bonchev–Trinajstić information content (AvgIpc) is 2.37. The van der Waals surface area contributed by atoms with Crippen LogP contribution in [0.5, 0.6) is 5.75 Å². The predicted octanol–water partition coefficient (Wildman–Crippen LogP) is 3.93. The molecule has 1 aliphatic rings. The molecule has 1 fully saturated rings. The average molecular weight is 247 g/mol. The first kappa shape index (κ1) is 13.4. The Morgan fingerprint density at radius 1 is 1.28 bits per heavy atom. The van der Waals surface area contributed by atoms with Crippen LogP contribution in [0.15, 0.2) is 18.2 Å². The van der Waals surface area contributed by atoms with Gasteiger partial charge in [0.25, 0.3) is 0 Å². The molecule has 2 heteroatoms. The lowest BCUT2D eigenvalue weighted by atomic mass is 9.89. The normalized spacial score (nSPS) is 18.8. The summed E-state index contributed by atoms with van der Waals surface area (Å²) in [6, 6.07) is 6.16. The number of hydrogen-bond donors (Lipinski definition) is 2. The van der Waals surface area contributed by atoms with Gasteiger partial charge < -0.3 is 10.4 Å². The summed E-state index contributed by atoms with van der Waals surface area (Å²) in [7, 11) is 0. The number of rotatable bonds is 4. The van der Waals surface area contributed by atoms with Gasteiger partial charge in [0.15, 0.2) is 0 Å². The summed E-state index contributed by atoms with van der Waals surface area (Å²) in [6.45, 7) is 5.21. The molecule has 0 saturated heterocycles. The minimum absolute atomic E-state index is 0.229. The van der Waals surface area contributed by atoms with E-state index in [0.717, 1.165) is 23.6 Å². The number of hydrogen-bond acceptors (Lipinski definition) is 2. The van der Waals surface area contributed by atoms with Gasteiger partial charge in [0.1, 0.15) is 5.75 Å². The largest absolute Gasteiger partial charge is 0.508 e. The molecule has 0 aromatic heterocycles. The van der Waals surface area contributed by atoms with E-state index in [4.69, 9.17) is 0 Å². The Hall–Kier alpha value is -1.02. The maximum absolute atomic E-state index is 9.96. The van der Waals surface area contributed by atoms with Gasteiger partial charge in [0.2, 0.25) is 0 Å². The fourth-order valence-corrected chi connectivity index (χ4v) is 2.86. The molecule has 18 heavy (non-hydrogen) atoms. The summed E-state index contributed by atoms with van der Waals surface area (Å²) in [5.41, 5.74) is 2.12. The molecule has 1 saturated carbocycles. The van der Waals surface area contributed by atoms with Crippen molar-refractivity contribution in [2.45, 2.75) is 52.0 Å². The van der Waals surface area contributed by atoms with Crippen molar-refractivity contribution in [3.05, 3.63) is 29.3 Å². The van der Waals surface area contributed by atoms with Crippen LogP contribution in [-0.4, -0.2) is 11.7 Å². The molecule has 0 aliphatic heterocycles. The van der Waals surface area contributed by atoms with Crippen LogP contribution in [0, 0.1) is 12.8 Å². The highest BCUT2D eigenvalue weighted by Crippen LogP contribution is 2.27. The van der Waals surface area contributed by atoms with Gasteiger partial charge in [-0.2, -0.15) is 0 Å². The number of phenols is 1. The molecule has 0 heterocycles. The molecule has 1 aromatic carbocycles. The second-order valence-corrected chi connectivity index (χ2v) is 5.70. The molecule has 2 rings (SSSR count). The third-order valence-electron chi connectivity index (χ3n) is 4.09. The van der Waals surface area contributed by atoms with E-state index < -0.39 is 0 Å². The van der Waals surface area contributed by atoms with Gasteiger partial charge >= 0.3 is 0 Å². The summed E-state index contributed by atoms with van der Waals surface area (Å²) in [5, 5.41) is 13.5. The third kappa shape index (κ3) is 3.49. The Balaban J connectivity index is 1.88. The Bertz CT molecular complexity index is 383. The molecule has 0 radical (unpaired) electrons. The number of phenolic OH excluding ortho intramolecular Hbond substituents is 1. The smallest absolute Gasteiger partial charge is 0.120 e. The van der Waals surface area contributed by atoms with Crippen LogP contribution in [0.4, 0.5) is 0 Å². The van der Waals surface area contributed by atoms with Gasteiger partial charge in [-0.05, 0) is 50.8 Å². The first-order chi connectivity index (χ1) is 8.66. The summed E-state index contributed by atoms with van der Waals surface area (Å²) in [4.78, 5) is 0. The van der Waals surface area contributed by atoms with Gasteiger partial charge in [-0.3, -0.25) is 0 Å². The first-order valence-electron chi connectivity index (χ1n) is 7.19. The van der Waals surface area contributed by atoms with Crippen LogP contribution < -0.4 is 5.32 Å². The summed E-state index contributed by atoms with van der Waals surface area (Å²) < 4.78 is 0. The monoisotopic (exact) mass is 247 g/mol. The van der Waals surface area contributed by atoms with E-state index in [1.165, 1.54) is 32.1 Å². The van der Waals surface area contributed by atoms with Crippen molar-refractivity contribution < 1.29 is 5.11 Å². The highest BCUT2D eigenvalue weighted by molar-refractivity contribution is 5.37. The molecule has 0 amide bonds. The minimum Gasteiger partial charge on any atom is -0.508 e. The molecule has 2 N–H and O–H groups in total. The van der Waals surface area contributed by atoms with Crippen LogP contribution >= 0.6 is 0 Å². The number of aryl methyl sites for hydroxylation is 1. The molecule has 1 aromatic rings. The maximum Gasteiger partial charge on any atom is 0.120 e. The second-order valence-electron chi connectivity index (χ2n) is 5.70. The second kappa shape index (κ2) is 6.24. The van der Waals surface area contributed by atoms with Crippen molar-refractivity contribution in [3.8, 4) is 5.75 Å². The zero-order chi connectivity index (χ0) is 13.0. The lowest BCUT2D eigenvalue weighted by Gasteiger charge is -2.24. The summed E-state index contributed by atoms with van der Waals surface area (Å²) in [5.74, 6) is 1.24. The summed E-state index contributed by atoms with van der Waals surface area (Å²) >= 11 is 0. The van der Waals surface area contributed by atoms with Crippen molar-refractivity contribution in [3.63, 3.8) is 0 Å². The first-order valence-corrected chi connectivity index (χ1v) is 7.19. The van der Waals surface area contributed by atoms with E-state index in [1.54, 1.807) is 0 Å². The SMILES string of the molecule is Cc1ccc(C(C)NCC2CCCCC2)c(O)c1. The highest BCUT2D eigenvalue weighted by Gasteiger charge is 2.15. The van der Waals surface area contributed by atoms with E-state index in [9.17, 15) is 5.11 Å². The molecule has 100 valence electrons. The Kier molecular flexibility index (Phi) is 4.65. The maximum atomic E-state index is 9.96. The fourth-order valence-electron chi connectivity index (χ4n) is 2.86. The van der Waals surface area contributed by atoms with E-state index in [-0.39, 0.29) is 6.04 Å². The molecule has 0 bridgehead atoms. The Labute approximate surface area is 110 Å². The van der Waals surface area contributed by atoms with Crippen molar-refractivity contribution in [2.75, 3.05) is 6.54 Å². The van der Waals surface area contributed by atoms with Crippen molar-refractivity contribution in [1.82, 2.24) is 5.32 Å². The van der Waals surface area contributed by atoms with Crippen molar-refractivity contribution in [1.29, 1.82) is 0 Å². The lowest BCUT2D eigenvalue weighted by molar-refractivity contribution is 0.329. The fraction of sp³-hybridized carbons (Fsp3) is 0.625. The third-order valence-corrected chi connectivity index (χ3v) is 4.09. The Morgan fingerprint density at radius 2 is 2.00 bits per heavy atom. The van der Waals surface area contributed by atoms with E-state index in [1.807, 2.05) is 19.1 Å².